The van der Waals surface area contributed by atoms with Gasteiger partial charge < -0.3 is 10.2 Å². The molecule has 1 N–H and O–H groups in total. The van der Waals surface area contributed by atoms with Crippen LogP contribution in [-0.2, 0) is 11.3 Å². The first-order valence-corrected chi connectivity index (χ1v) is 7.85. The molecule has 1 saturated heterocycles. The van der Waals surface area contributed by atoms with Crippen LogP contribution in [-0.4, -0.2) is 45.1 Å². The lowest BCUT2D eigenvalue weighted by Gasteiger charge is -2.36. The maximum atomic E-state index is 12.6. The lowest BCUT2D eigenvalue weighted by Crippen LogP contribution is -2.49. The number of benzene rings is 1. The third-order valence-electron chi connectivity index (χ3n) is 3.92. The summed E-state index contributed by atoms with van der Waals surface area (Å²) in [5.74, 6) is -0.139. The molecule has 8 nitrogen and oxygen atoms in total. The second kappa shape index (κ2) is 8.28. The van der Waals surface area contributed by atoms with Crippen LogP contribution in [0, 0.1) is 10.1 Å². The number of rotatable bonds is 4. The van der Waals surface area contributed by atoms with E-state index in [-0.39, 0.29) is 36.6 Å². The van der Waals surface area contributed by atoms with Gasteiger partial charge >= 0.3 is 5.69 Å². The number of nitrogens with zero attached hydrogens (tertiary/aromatic N) is 4. The lowest BCUT2D eigenvalue weighted by molar-refractivity contribution is -0.385. The zero-order valence-electron chi connectivity index (χ0n) is 13.2. The summed E-state index contributed by atoms with van der Waals surface area (Å²) in [6.45, 7) is 1.84. The molecule has 1 fully saturated rings. The van der Waals surface area contributed by atoms with Crippen LogP contribution in [0.2, 0.25) is 5.02 Å². The molecule has 134 valence electrons. The van der Waals surface area contributed by atoms with Crippen molar-refractivity contribution in [1.29, 1.82) is 0 Å². The maximum absolute atomic E-state index is 12.6. The lowest BCUT2D eigenvalue weighted by atomic mass is 10.0. The molecule has 1 atom stereocenters. The van der Waals surface area contributed by atoms with Gasteiger partial charge in [0.2, 0.25) is 5.91 Å². The van der Waals surface area contributed by atoms with Crippen LogP contribution in [0.15, 0.2) is 36.7 Å². The van der Waals surface area contributed by atoms with Crippen molar-refractivity contribution in [2.24, 2.45) is 0 Å². The largest absolute Gasteiger partial charge is 0.331 e. The van der Waals surface area contributed by atoms with Crippen molar-refractivity contribution in [3.63, 3.8) is 0 Å². The van der Waals surface area contributed by atoms with Crippen molar-refractivity contribution in [3.05, 3.63) is 57.4 Å². The van der Waals surface area contributed by atoms with E-state index in [2.05, 4.69) is 10.4 Å². The van der Waals surface area contributed by atoms with Crippen LogP contribution >= 0.6 is 24.0 Å². The minimum atomic E-state index is -0.534. The van der Waals surface area contributed by atoms with E-state index in [1.54, 1.807) is 11.0 Å². The van der Waals surface area contributed by atoms with E-state index in [1.165, 1.54) is 10.9 Å². The van der Waals surface area contributed by atoms with E-state index >= 15 is 0 Å². The first kappa shape index (κ1) is 19.2. The Morgan fingerprint density at radius 2 is 2.28 bits per heavy atom. The van der Waals surface area contributed by atoms with Gasteiger partial charge in [-0.05, 0) is 17.7 Å². The van der Waals surface area contributed by atoms with E-state index in [4.69, 9.17) is 11.6 Å². The number of hydrogen-bond donors (Lipinski definition) is 1. The Hall–Kier alpha value is -2.16. The van der Waals surface area contributed by atoms with Crippen molar-refractivity contribution in [2.75, 3.05) is 19.6 Å². The van der Waals surface area contributed by atoms with Crippen LogP contribution in [0.3, 0.4) is 0 Å². The molecular formula is C15H17Cl2N5O3. The zero-order valence-corrected chi connectivity index (χ0v) is 14.7. The Morgan fingerprint density at radius 3 is 2.96 bits per heavy atom. The predicted molar refractivity (Wildman–Crippen MR) is 94.9 cm³/mol. The number of amides is 1. The Labute approximate surface area is 155 Å². The van der Waals surface area contributed by atoms with Crippen molar-refractivity contribution in [1.82, 2.24) is 20.0 Å². The van der Waals surface area contributed by atoms with Gasteiger partial charge in [-0.1, -0.05) is 23.7 Å². The van der Waals surface area contributed by atoms with Gasteiger partial charge in [0.15, 0.2) is 0 Å². The van der Waals surface area contributed by atoms with E-state index in [9.17, 15) is 14.9 Å². The predicted octanol–water partition coefficient (Wildman–Crippen LogP) is 2.04. The summed E-state index contributed by atoms with van der Waals surface area (Å²) in [4.78, 5) is 24.6. The molecule has 0 bridgehead atoms. The molecule has 1 amide bonds. The van der Waals surface area contributed by atoms with Gasteiger partial charge in [-0.3, -0.25) is 19.6 Å². The highest BCUT2D eigenvalue weighted by atomic mass is 35.5. The molecule has 10 heteroatoms. The van der Waals surface area contributed by atoms with E-state index in [0.717, 1.165) is 11.8 Å². The number of piperazine rings is 1. The van der Waals surface area contributed by atoms with E-state index in [1.807, 2.05) is 18.2 Å². The molecule has 0 spiro atoms. The topological polar surface area (TPSA) is 93.3 Å². The zero-order chi connectivity index (χ0) is 17.1. The molecule has 2 aromatic rings. The highest BCUT2D eigenvalue weighted by Crippen LogP contribution is 2.25. The fourth-order valence-electron chi connectivity index (χ4n) is 2.78. The Morgan fingerprint density at radius 1 is 1.48 bits per heavy atom. The average molecular weight is 386 g/mol. The molecule has 0 saturated carbocycles. The SMILES string of the molecule is Cl.O=C(Cn1cc([N+](=O)[O-])cn1)N1CCNCC1c1cccc(Cl)c1. The molecule has 25 heavy (non-hydrogen) atoms. The number of hydrogen-bond acceptors (Lipinski definition) is 5. The van der Waals surface area contributed by atoms with E-state index in [0.29, 0.717) is 24.7 Å². The molecule has 0 aliphatic carbocycles. The third kappa shape index (κ3) is 4.47. The first-order valence-electron chi connectivity index (χ1n) is 7.47. The highest BCUT2D eigenvalue weighted by Gasteiger charge is 2.28. The Bertz CT molecular complexity index is 767. The van der Waals surface area contributed by atoms with Gasteiger partial charge in [0, 0.05) is 24.7 Å². The summed E-state index contributed by atoms with van der Waals surface area (Å²) < 4.78 is 1.29. The summed E-state index contributed by atoms with van der Waals surface area (Å²) in [5, 5.41) is 18.5. The minimum absolute atomic E-state index is 0. The van der Waals surface area contributed by atoms with Crippen LogP contribution in [0.4, 0.5) is 5.69 Å². The Kier molecular flexibility index (Phi) is 6.35. The molecular weight excluding hydrogens is 369 g/mol. The number of halogens is 2. The van der Waals surface area contributed by atoms with Crippen molar-refractivity contribution in [2.45, 2.75) is 12.6 Å². The third-order valence-corrected chi connectivity index (χ3v) is 4.16. The summed E-state index contributed by atoms with van der Waals surface area (Å²) in [6.07, 6.45) is 2.40. The molecule has 3 rings (SSSR count). The molecule has 1 aromatic carbocycles. The number of carbonyl (C=O) groups is 1. The number of nitro groups is 1. The van der Waals surface area contributed by atoms with Crippen molar-refractivity contribution in [3.8, 4) is 0 Å². The quantitative estimate of drug-likeness (QED) is 0.641. The average Bonchev–Trinajstić information content (AvgIpc) is 3.03. The summed E-state index contributed by atoms with van der Waals surface area (Å²) >= 11 is 6.05. The molecule has 1 aromatic heterocycles. The van der Waals surface area contributed by atoms with Crippen LogP contribution < -0.4 is 5.32 Å². The monoisotopic (exact) mass is 385 g/mol. The fourth-order valence-corrected chi connectivity index (χ4v) is 2.98. The second-order valence-corrected chi connectivity index (χ2v) is 5.95. The first-order chi connectivity index (χ1) is 11.5. The van der Waals surface area contributed by atoms with Crippen LogP contribution in [0.1, 0.15) is 11.6 Å². The van der Waals surface area contributed by atoms with Gasteiger partial charge in [-0.15, -0.1) is 12.4 Å². The van der Waals surface area contributed by atoms with E-state index < -0.39 is 4.92 Å². The maximum Gasteiger partial charge on any atom is 0.307 e. The van der Waals surface area contributed by atoms with Gasteiger partial charge in [0.25, 0.3) is 0 Å². The number of aromatic nitrogens is 2. The molecule has 1 aliphatic rings. The van der Waals surface area contributed by atoms with Gasteiger partial charge in [-0.25, -0.2) is 0 Å². The van der Waals surface area contributed by atoms with Crippen LogP contribution in [0.25, 0.3) is 0 Å². The molecule has 1 aliphatic heterocycles. The smallest absolute Gasteiger partial charge is 0.307 e. The van der Waals surface area contributed by atoms with Crippen molar-refractivity contribution < 1.29 is 9.72 Å². The van der Waals surface area contributed by atoms with Gasteiger partial charge in [0.05, 0.1) is 11.0 Å². The fraction of sp³-hybridized carbons (Fsp3) is 0.333. The summed E-state index contributed by atoms with van der Waals surface area (Å²) in [5.41, 5.74) is 0.823. The summed E-state index contributed by atoms with van der Waals surface area (Å²) in [6, 6.07) is 7.29. The Balaban J connectivity index is 0.00000225. The van der Waals surface area contributed by atoms with Crippen LogP contribution in [0.5, 0.6) is 0 Å². The summed E-state index contributed by atoms with van der Waals surface area (Å²) in [7, 11) is 0. The highest BCUT2D eigenvalue weighted by molar-refractivity contribution is 6.30. The van der Waals surface area contributed by atoms with Gasteiger partial charge in [-0.2, -0.15) is 5.10 Å². The molecule has 1 unspecified atom stereocenters. The number of carbonyl (C=O) groups excluding carboxylic acids is 1. The van der Waals surface area contributed by atoms with Gasteiger partial charge in [0.1, 0.15) is 18.9 Å². The number of nitrogens with one attached hydrogen (secondary N) is 1. The molecule has 0 radical (unpaired) electrons. The standard InChI is InChI=1S/C15H16ClN5O3.ClH/c16-12-3-1-2-11(6-12)14-8-17-4-5-20(14)15(22)10-19-9-13(7-18-19)21(23)24;/h1-3,6-7,9,14,17H,4-5,8,10H2;1H. The second-order valence-electron chi connectivity index (χ2n) is 5.52. The minimum Gasteiger partial charge on any atom is -0.331 e. The van der Waals surface area contributed by atoms with Crippen molar-refractivity contribution >= 4 is 35.6 Å². The molecule has 2 heterocycles. The normalized spacial score (nSPS) is 17.0.